The first-order valence-electron chi connectivity index (χ1n) is 10.3. The first-order chi connectivity index (χ1) is 15.3. The summed E-state index contributed by atoms with van der Waals surface area (Å²) >= 11 is 0. The smallest absolute Gasteiger partial charge is 0.317 e. The van der Waals surface area contributed by atoms with Gasteiger partial charge in [0.2, 0.25) is 6.79 Å². The molecule has 0 bridgehead atoms. The lowest BCUT2D eigenvalue weighted by Crippen LogP contribution is -2.55. The van der Waals surface area contributed by atoms with Gasteiger partial charge in [0.25, 0.3) is 0 Å². The average molecular weight is 452 g/mol. The highest BCUT2D eigenvalue weighted by Gasteiger charge is 2.57. The molecule has 176 valence electrons. The molecule has 4 atom stereocenters. The van der Waals surface area contributed by atoms with E-state index in [1.165, 1.54) is 21.1 Å². The molecule has 0 radical (unpaired) electrons. The quantitative estimate of drug-likeness (QED) is 0.327. The molecule has 0 aromatic heterocycles. The minimum Gasteiger partial charge on any atom is -0.463 e. The van der Waals surface area contributed by atoms with Gasteiger partial charge in [-0.05, 0) is 24.6 Å². The highest BCUT2D eigenvalue weighted by atomic mass is 16.7. The van der Waals surface area contributed by atoms with Crippen molar-refractivity contribution in [2.45, 2.75) is 24.9 Å². The van der Waals surface area contributed by atoms with E-state index >= 15 is 0 Å². The van der Waals surface area contributed by atoms with Crippen LogP contribution in [0.15, 0.2) is 18.2 Å². The number of benzene rings is 1. The van der Waals surface area contributed by atoms with Gasteiger partial charge in [0.15, 0.2) is 17.3 Å². The maximum absolute atomic E-state index is 13.1. The zero-order valence-corrected chi connectivity index (χ0v) is 18.3. The van der Waals surface area contributed by atoms with Gasteiger partial charge >= 0.3 is 11.9 Å². The Bertz CT molecular complexity index is 849. The number of carbonyl (C=O) groups excluding carboxylic acids is 3. The molecule has 1 aliphatic carbocycles. The number of fused-ring (bicyclic) bond motifs is 1. The molecule has 10 nitrogen and oxygen atoms in total. The van der Waals surface area contributed by atoms with Crippen LogP contribution in [0.25, 0.3) is 0 Å². The maximum atomic E-state index is 13.1. The summed E-state index contributed by atoms with van der Waals surface area (Å²) in [5, 5.41) is 11.1. The van der Waals surface area contributed by atoms with Crippen LogP contribution in [0.1, 0.15) is 24.8 Å². The molecule has 0 unspecified atom stereocenters. The van der Waals surface area contributed by atoms with E-state index in [1.807, 2.05) is 0 Å². The van der Waals surface area contributed by atoms with Gasteiger partial charge in [-0.15, -0.1) is 0 Å². The van der Waals surface area contributed by atoms with Crippen molar-refractivity contribution in [2.75, 3.05) is 47.4 Å². The first kappa shape index (κ1) is 24.0. The van der Waals surface area contributed by atoms with Crippen molar-refractivity contribution >= 4 is 17.7 Å². The van der Waals surface area contributed by atoms with Crippen LogP contribution in [0, 0.1) is 11.8 Å². The molecule has 2 aliphatic rings. The Hall–Kier alpha value is -2.69. The van der Waals surface area contributed by atoms with Crippen LogP contribution in [0.3, 0.4) is 0 Å². The zero-order chi connectivity index (χ0) is 23.3. The molecule has 1 fully saturated rings. The molecule has 32 heavy (non-hydrogen) atoms. The number of ether oxygens (including phenoxy) is 6. The number of methoxy groups -OCH3 is 2. The third-order valence-corrected chi connectivity index (χ3v) is 5.62. The predicted molar refractivity (Wildman–Crippen MR) is 108 cm³/mol. The van der Waals surface area contributed by atoms with Gasteiger partial charge in [-0.3, -0.25) is 14.4 Å². The molecule has 1 saturated carbocycles. The zero-order valence-electron chi connectivity index (χ0n) is 18.3. The number of esters is 2. The monoisotopic (exact) mass is 452 g/mol. The van der Waals surface area contributed by atoms with Gasteiger partial charge in [0.1, 0.15) is 19.1 Å². The van der Waals surface area contributed by atoms with E-state index in [0.29, 0.717) is 17.1 Å². The maximum Gasteiger partial charge on any atom is 0.317 e. The van der Waals surface area contributed by atoms with Crippen molar-refractivity contribution in [3.05, 3.63) is 23.8 Å². The Morgan fingerprint density at radius 1 is 1.03 bits per heavy atom. The van der Waals surface area contributed by atoms with Gasteiger partial charge in [-0.25, -0.2) is 0 Å². The second-order valence-electron chi connectivity index (χ2n) is 7.91. The van der Waals surface area contributed by atoms with Gasteiger partial charge in [-0.2, -0.15) is 0 Å². The molecular weight excluding hydrogens is 424 g/mol. The molecular formula is C22H28O10. The topological polar surface area (TPSA) is 127 Å². The van der Waals surface area contributed by atoms with Gasteiger partial charge in [0, 0.05) is 26.6 Å². The normalized spacial score (nSPS) is 26.6. The Morgan fingerprint density at radius 2 is 1.66 bits per heavy atom. The lowest BCUT2D eigenvalue weighted by molar-refractivity contribution is -0.174. The summed E-state index contributed by atoms with van der Waals surface area (Å²) in [7, 11) is 2.92. The fraction of sp³-hybridized carbons (Fsp3) is 0.591. The second-order valence-corrected chi connectivity index (χ2v) is 7.91. The highest BCUT2D eigenvalue weighted by Crippen LogP contribution is 2.48. The van der Waals surface area contributed by atoms with Crippen LogP contribution in [-0.2, 0) is 33.3 Å². The fourth-order valence-corrected chi connectivity index (χ4v) is 4.17. The number of aliphatic hydroxyl groups is 1. The molecule has 0 spiro atoms. The standard InChI is InChI=1S/C22H28O10/c1-22(26)11-14(23)18(20(24)29-8-6-27-2)17(19(22)21(25)30-9-7-28-3)13-4-5-15-16(10-13)32-12-31-15/h4-5,10,17-19,26H,6-9,11-12H2,1-3H3/t17-,18-,19+,22-/m0/s1. The molecule has 1 heterocycles. The van der Waals surface area contributed by atoms with E-state index in [9.17, 15) is 19.5 Å². The van der Waals surface area contributed by atoms with Crippen molar-refractivity contribution in [2.24, 2.45) is 11.8 Å². The Morgan fingerprint density at radius 3 is 2.31 bits per heavy atom. The van der Waals surface area contributed by atoms with Gasteiger partial charge in [0.05, 0.1) is 24.7 Å². The predicted octanol–water partition coefficient (Wildman–Crippen LogP) is 0.834. The van der Waals surface area contributed by atoms with Crippen LogP contribution in [0.4, 0.5) is 0 Å². The van der Waals surface area contributed by atoms with E-state index in [-0.39, 0.29) is 33.2 Å². The number of ketones is 1. The van der Waals surface area contributed by atoms with E-state index in [1.54, 1.807) is 18.2 Å². The van der Waals surface area contributed by atoms with Crippen molar-refractivity contribution in [3.8, 4) is 11.5 Å². The van der Waals surface area contributed by atoms with Crippen LogP contribution < -0.4 is 9.47 Å². The largest absolute Gasteiger partial charge is 0.463 e. The Balaban J connectivity index is 2.01. The highest BCUT2D eigenvalue weighted by molar-refractivity contribution is 6.02. The minimum absolute atomic E-state index is 0.0328. The Kier molecular flexibility index (Phi) is 7.70. The summed E-state index contributed by atoms with van der Waals surface area (Å²) in [5.41, 5.74) is -1.30. The van der Waals surface area contributed by atoms with E-state index in [0.717, 1.165) is 0 Å². The molecule has 10 heteroatoms. The number of hydrogen-bond acceptors (Lipinski definition) is 10. The van der Waals surface area contributed by atoms with Crippen molar-refractivity contribution in [3.63, 3.8) is 0 Å². The summed E-state index contributed by atoms with van der Waals surface area (Å²) in [6.07, 6.45) is -0.401. The third kappa shape index (κ3) is 5.03. The summed E-state index contributed by atoms with van der Waals surface area (Å²) < 4.78 is 31.1. The second kappa shape index (κ2) is 10.3. The van der Waals surface area contributed by atoms with Gasteiger partial charge < -0.3 is 33.5 Å². The van der Waals surface area contributed by atoms with E-state index in [4.69, 9.17) is 28.4 Å². The number of rotatable bonds is 9. The molecule has 1 N–H and O–H groups in total. The molecule has 1 aliphatic heterocycles. The van der Waals surface area contributed by atoms with E-state index < -0.39 is 47.5 Å². The molecule has 1 aromatic rings. The fourth-order valence-electron chi connectivity index (χ4n) is 4.17. The molecule has 0 amide bonds. The number of carbonyl (C=O) groups is 3. The minimum atomic E-state index is -1.74. The van der Waals surface area contributed by atoms with Crippen LogP contribution >= 0.6 is 0 Å². The van der Waals surface area contributed by atoms with E-state index in [2.05, 4.69) is 0 Å². The molecule has 0 saturated heterocycles. The first-order valence-corrected chi connectivity index (χ1v) is 10.3. The van der Waals surface area contributed by atoms with Crippen molar-refractivity contribution in [1.29, 1.82) is 0 Å². The summed E-state index contributed by atoms with van der Waals surface area (Å²) in [4.78, 5) is 39.0. The SMILES string of the molecule is COCCOC(=O)[C@H]1C(=O)C[C@](C)(O)[C@@H](C(=O)OCCOC)[C@H]1c1ccc2c(c1)OCO2. The van der Waals surface area contributed by atoms with Crippen LogP contribution in [-0.4, -0.2) is 75.9 Å². The summed E-state index contributed by atoms with van der Waals surface area (Å²) in [5.74, 6) is -4.70. The van der Waals surface area contributed by atoms with Crippen molar-refractivity contribution in [1.82, 2.24) is 0 Å². The summed E-state index contributed by atoms with van der Waals surface area (Å²) in [6.45, 7) is 1.65. The average Bonchev–Trinajstić information content (AvgIpc) is 3.20. The molecule has 3 rings (SSSR count). The number of hydrogen-bond donors (Lipinski definition) is 1. The summed E-state index contributed by atoms with van der Waals surface area (Å²) in [6, 6.07) is 4.87. The van der Waals surface area contributed by atoms with Crippen LogP contribution in [0.5, 0.6) is 11.5 Å². The van der Waals surface area contributed by atoms with Crippen LogP contribution in [0.2, 0.25) is 0 Å². The molecule has 1 aromatic carbocycles. The lowest BCUT2D eigenvalue weighted by atomic mass is 9.61. The third-order valence-electron chi connectivity index (χ3n) is 5.62. The van der Waals surface area contributed by atoms with Crippen molar-refractivity contribution < 1.29 is 47.9 Å². The number of Topliss-reactive ketones (excluding diaryl/α,β-unsaturated/α-hetero) is 1. The Labute approximate surface area is 185 Å². The van der Waals surface area contributed by atoms with Gasteiger partial charge in [-0.1, -0.05) is 6.07 Å². The lowest BCUT2D eigenvalue weighted by Gasteiger charge is -2.43.